The summed E-state index contributed by atoms with van der Waals surface area (Å²) in [7, 11) is 0. The summed E-state index contributed by atoms with van der Waals surface area (Å²) >= 11 is 0. The van der Waals surface area contributed by atoms with Crippen molar-refractivity contribution >= 4 is 11.7 Å². The van der Waals surface area contributed by atoms with Crippen molar-refractivity contribution in [2.24, 2.45) is 0 Å². The molecule has 2 N–H and O–H groups in total. The number of carboxylic acid groups (broad SMARTS) is 1. The summed E-state index contributed by atoms with van der Waals surface area (Å²) in [6.07, 6.45) is 0.571. The van der Waals surface area contributed by atoms with Crippen LogP contribution in [0.3, 0.4) is 0 Å². The third-order valence-corrected chi connectivity index (χ3v) is 2.62. The van der Waals surface area contributed by atoms with Gasteiger partial charge in [-0.25, -0.2) is 4.79 Å². The maximum atomic E-state index is 10.8. The van der Waals surface area contributed by atoms with Crippen molar-refractivity contribution < 1.29 is 9.90 Å². The van der Waals surface area contributed by atoms with Crippen molar-refractivity contribution in [3.8, 4) is 0 Å². The molecule has 88 valence electrons. The van der Waals surface area contributed by atoms with Crippen LogP contribution in [-0.4, -0.2) is 17.1 Å². The van der Waals surface area contributed by atoms with Gasteiger partial charge in [0.15, 0.2) is 0 Å². The first kappa shape index (κ1) is 12.6. The Balaban J connectivity index is 2.71. The molecule has 1 unspecified atom stereocenters. The Bertz CT molecular complexity index is 343. The zero-order chi connectivity index (χ0) is 12.1. The quantitative estimate of drug-likeness (QED) is 0.803. The highest BCUT2D eigenvalue weighted by Gasteiger charge is 2.13. The van der Waals surface area contributed by atoms with Gasteiger partial charge in [-0.15, -0.1) is 0 Å². The molecule has 0 radical (unpaired) electrons. The van der Waals surface area contributed by atoms with Gasteiger partial charge >= 0.3 is 5.97 Å². The molecule has 0 aromatic heterocycles. The van der Waals surface area contributed by atoms with Gasteiger partial charge in [-0.2, -0.15) is 0 Å². The molecule has 0 heterocycles. The van der Waals surface area contributed by atoms with E-state index in [9.17, 15) is 4.79 Å². The minimum Gasteiger partial charge on any atom is -0.480 e. The summed E-state index contributed by atoms with van der Waals surface area (Å²) in [6, 6.07) is 7.41. The van der Waals surface area contributed by atoms with E-state index in [0.717, 1.165) is 5.69 Å². The maximum absolute atomic E-state index is 10.8. The topological polar surface area (TPSA) is 49.3 Å². The molecule has 3 nitrogen and oxygen atoms in total. The number of hydrogen-bond donors (Lipinski definition) is 2. The van der Waals surface area contributed by atoms with Crippen molar-refractivity contribution in [2.45, 2.75) is 39.2 Å². The smallest absolute Gasteiger partial charge is 0.326 e. The fraction of sp³-hybridized carbons (Fsp3) is 0.462. The van der Waals surface area contributed by atoms with E-state index in [0.29, 0.717) is 12.3 Å². The first-order chi connectivity index (χ1) is 7.54. The monoisotopic (exact) mass is 221 g/mol. The Kier molecular flexibility index (Phi) is 4.35. The lowest BCUT2D eigenvalue weighted by Crippen LogP contribution is -2.28. The molecule has 3 heteroatoms. The third kappa shape index (κ3) is 3.26. The number of aliphatic carboxylic acids is 1. The number of rotatable bonds is 5. The molecule has 0 saturated heterocycles. The SMILES string of the molecule is CCC(Nc1ccc(C(C)C)cc1)C(=O)O. The summed E-state index contributed by atoms with van der Waals surface area (Å²) in [4.78, 5) is 10.8. The third-order valence-electron chi connectivity index (χ3n) is 2.62. The van der Waals surface area contributed by atoms with E-state index in [4.69, 9.17) is 5.11 Å². The molecule has 0 aliphatic rings. The van der Waals surface area contributed by atoms with Crippen LogP contribution in [-0.2, 0) is 4.79 Å². The molecule has 16 heavy (non-hydrogen) atoms. The summed E-state index contributed by atoms with van der Waals surface area (Å²) in [5.74, 6) is -0.314. The molecular weight excluding hydrogens is 202 g/mol. The van der Waals surface area contributed by atoms with Gasteiger partial charge in [0.25, 0.3) is 0 Å². The molecule has 0 saturated carbocycles. The van der Waals surface area contributed by atoms with Crippen molar-refractivity contribution in [3.63, 3.8) is 0 Å². The lowest BCUT2D eigenvalue weighted by atomic mass is 10.0. The van der Waals surface area contributed by atoms with Crippen LogP contribution in [0.15, 0.2) is 24.3 Å². The highest BCUT2D eigenvalue weighted by Crippen LogP contribution is 2.18. The fourth-order valence-corrected chi connectivity index (χ4v) is 1.50. The normalized spacial score (nSPS) is 12.5. The van der Waals surface area contributed by atoms with Gasteiger partial charge in [0, 0.05) is 5.69 Å². The standard InChI is InChI=1S/C13H19NO2/c1-4-12(13(15)16)14-11-7-5-10(6-8-11)9(2)3/h5-9,12,14H,4H2,1-3H3,(H,15,16). The van der Waals surface area contributed by atoms with Crippen LogP contribution in [0, 0.1) is 0 Å². The predicted molar refractivity (Wildman–Crippen MR) is 65.9 cm³/mol. The summed E-state index contributed by atoms with van der Waals surface area (Å²) in [5, 5.41) is 11.9. The number of nitrogens with one attached hydrogen (secondary N) is 1. The molecule has 1 atom stereocenters. The first-order valence-corrected chi connectivity index (χ1v) is 5.64. The van der Waals surface area contributed by atoms with Gasteiger partial charge in [0.2, 0.25) is 0 Å². The van der Waals surface area contributed by atoms with Crippen LogP contribution in [0.2, 0.25) is 0 Å². The summed E-state index contributed by atoms with van der Waals surface area (Å²) < 4.78 is 0. The van der Waals surface area contributed by atoms with Gasteiger partial charge in [-0.3, -0.25) is 0 Å². The lowest BCUT2D eigenvalue weighted by Gasteiger charge is -2.14. The predicted octanol–water partition coefficient (Wildman–Crippen LogP) is 3.09. The van der Waals surface area contributed by atoms with Gasteiger partial charge < -0.3 is 10.4 Å². The lowest BCUT2D eigenvalue weighted by molar-refractivity contribution is -0.137. The maximum Gasteiger partial charge on any atom is 0.326 e. The number of hydrogen-bond acceptors (Lipinski definition) is 2. The largest absolute Gasteiger partial charge is 0.480 e. The molecule has 0 amide bonds. The molecule has 0 aliphatic carbocycles. The van der Waals surface area contributed by atoms with Gasteiger partial charge in [-0.05, 0) is 30.0 Å². The van der Waals surface area contributed by atoms with E-state index in [-0.39, 0.29) is 0 Å². The Morgan fingerprint density at radius 1 is 1.31 bits per heavy atom. The highest BCUT2D eigenvalue weighted by atomic mass is 16.4. The molecule has 0 spiro atoms. The van der Waals surface area contributed by atoms with Crippen molar-refractivity contribution in [1.29, 1.82) is 0 Å². The zero-order valence-corrected chi connectivity index (χ0v) is 10.0. The van der Waals surface area contributed by atoms with E-state index >= 15 is 0 Å². The highest BCUT2D eigenvalue weighted by molar-refractivity contribution is 5.77. The van der Waals surface area contributed by atoms with E-state index in [2.05, 4.69) is 19.2 Å². The van der Waals surface area contributed by atoms with E-state index in [1.54, 1.807) is 0 Å². The molecule has 0 fully saturated rings. The van der Waals surface area contributed by atoms with E-state index in [1.807, 2.05) is 31.2 Å². The number of anilines is 1. The minimum absolute atomic E-state index is 0.496. The van der Waals surface area contributed by atoms with Crippen LogP contribution >= 0.6 is 0 Å². The molecular formula is C13H19NO2. The molecule has 0 bridgehead atoms. The molecule has 1 aromatic carbocycles. The second-order valence-electron chi connectivity index (χ2n) is 4.22. The average Bonchev–Trinajstić information content (AvgIpc) is 2.26. The van der Waals surface area contributed by atoms with E-state index < -0.39 is 12.0 Å². The fourth-order valence-electron chi connectivity index (χ4n) is 1.50. The second kappa shape index (κ2) is 5.54. The van der Waals surface area contributed by atoms with Crippen LogP contribution in [0.4, 0.5) is 5.69 Å². The van der Waals surface area contributed by atoms with Crippen LogP contribution in [0.25, 0.3) is 0 Å². The molecule has 0 aliphatic heterocycles. The van der Waals surface area contributed by atoms with Crippen LogP contribution in [0.1, 0.15) is 38.7 Å². The Morgan fingerprint density at radius 3 is 2.25 bits per heavy atom. The van der Waals surface area contributed by atoms with Crippen molar-refractivity contribution in [3.05, 3.63) is 29.8 Å². The van der Waals surface area contributed by atoms with Gasteiger partial charge in [-0.1, -0.05) is 32.9 Å². The van der Waals surface area contributed by atoms with Gasteiger partial charge in [0.1, 0.15) is 6.04 Å². The van der Waals surface area contributed by atoms with Gasteiger partial charge in [0.05, 0.1) is 0 Å². The Morgan fingerprint density at radius 2 is 1.88 bits per heavy atom. The van der Waals surface area contributed by atoms with Crippen LogP contribution in [0.5, 0.6) is 0 Å². The summed E-state index contributed by atoms with van der Waals surface area (Å²) in [6.45, 7) is 6.12. The Labute approximate surface area is 96.5 Å². The number of benzene rings is 1. The van der Waals surface area contributed by atoms with Crippen molar-refractivity contribution in [1.82, 2.24) is 0 Å². The first-order valence-electron chi connectivity index (χ1n) is 5.64. The van der Waals surface area contributed by atoms with E-state index in [1.165, 1.54) is 5.56 Å². The van der Waals surface area contributed by atoms with Crippen molar-refractivity contribution in [2.75, 3.05) is 5.32 Å². The number of carbonyl (C=O) groups is 1. The molecule has 1 aromatic rings. The average molecular weight is 221 g/mol. The second-order valence-corrected chi connectivity index (χ2v) is 4.22. The number of carboxylic acids is 1. The Hall–Kier alpha value is -1.51. The van der Waals surface area contributed by atoms with Crippen LogP contribution < -0.4 is 5.32 Å². The summed E-state index contributed by atoms with van der Waals surface area (Å²) in [5.41, 5.74) is 2.12. The minimum atomic E-state index is -0.810. The zero-order valence-electron chi connectivity index (χ0n) is 10.0. The molecule has 1 rings (SSSR count).